The van der Waals surface area contributed by atoms with Gasteiger partial charge in [-0.05, 0) is 31.0 Å². The van der Waals surface area contributed by atoms with E-state index >= 15 is 0 Å². The van der Waals surface area contributed by atoms with E-state index in [4.69, 9.17) is 0 Å². The van der Waals surface area contributed by atoms with Crippen molar-refractivity contribution in [3.63, 3.8) is 0 Å². The Kier molecular flexibility index (Phi) is 3.98. The number of benzene rings is 1. The second kappa shape index (κ2) is 6.15. The molecule has 24 heavy (non-hydrogen) atoms. The molecule has 3 heterocycles. The number of likely N-dealkylation sites (N-methyl/N-ethyl adjacent to an activating group) is 1. The van der Waals surface area contributed by atoms with E-state index in [1.165, 1.54) is 10.4 Å². The lowest BCUT2D eigenvalue weighted by atomic mass is 10.0. The Morgan fingerprint density at radius 1 is 1.29 bits per heavy atom. The molecule has 0 saturated heterocycles. The molecule has 0 N–H and O–H groups in total. The topological polar surface area (TPSA) is 38.1 Å². The number of fused-ring (bicyclic) bond motifs is 3. The van der Waals surface area contributed by atoms with Gasteiger partial charge in [0.1, 0.15) is 4.83 Å². The molecule has 1 aliphatic heterocycles. The summed E-state index contributed by atoms with van der Waals surface area (Å²) in [6.07, 6.45) is 2.66. The predicted molar refractivity (Wildman–Crippen MR) is 98.8 cm³/mol. The molecule has 4 nitrogen and oxygen atoms in total. The van der Waals surface area contributed by atoms with Crippen molar-refractivity contribution >= 4 is 21.6 Å². The lowest BCUT2D eigenvalue weighted by Gasteiger charge is -2.25. The van der Waals surface area contributed by atoms with E-state index in [0.717, 1.165) is 41.8 Å². The standard InChI is InChI=1S/C19H21N3OS/c1-3-21-10-9-15-16(11-21)24-18-17(15)19(23)22(12-20-18)13(2)14-7-5-4-6-8-14/h4-8,12-13H,3,9-11H2,1-2H3/t13-/m1/s1. The summed E-state index contributed by atoms with van der Waals surface area (Å²) in [5, 5.41) is 0.844. The summed E-state index contributed by atoms with van der Waals surface area (Å²) in [7, 11) is 0. The number of thiophene rings is 1. The first kappa shape index (κ1) is 15.5. The minimum absolute atomic E-state index is 0.0121. The van der Waals surface area contributed by atoms with Gasteiger partial charge in [0.05, 0.1) is 17.8 Å². The molecule has 0 spiro atoms. The zero-order valence-corrected chi connectivity index (χ0v) is 14.8. The zero-order chi connectivity index (χ0) is 16.7. The van der Waals surface area contributed by atoms with Gasteiger partial charge in [-0.2, -0.15) is 0 Å². The van der Waals surface area contributed by atoms with Crippen LogP contribution in [0.4, 0.5) is 0 Å². The lowest BCUT2D eigenvalue weighted by molar-refractivity contribution is 0.272. The van der Waals surface area contributed by atoms with Gasteiger partial charge in [-0.3, -0.25) is 14.3 Å². The van der Waals surface area contributed by atoms with Crippen LogP contribution in [0.5, 0.6) is 0 Å². The highest BCUT2D eigenvalue weighted by Gasteiger charge is 2.24. The van der Waals surface area contributed by atoms with Crippen LogP contribution in [0.1, 0.15) is 35.9 Å². The van der Waals surface area contributed by atoms with Crippen molar-refractivity contribution in [2.45, 2.75) is 32.9 Å². The maximum Gasteiger partial charge on any atom is 0.262 e. The molecule has 0 saturated carbocycles. The Morgan fingerprint density at radius 2 is 2.08 bits per heavy atom. The van der Waals surface area contributed by atoms with Gasteiger partial charge in [-0.15, -0.1) is 11.3 Å². The molecule has 0 bridgehead atoms. The Bertz CT molecular complexity index is 929. The average Bonchev–Trinajstić information content (AvgIpc) is 3.00. The number of nitrogens with zero attached hydrogens (tertiary/aromatic N) is 3. The molecule has 3 aromatic rings. The summed E-state index contributed by atoms with van der Waals surface area (Å²) in [6.45, 7) is 7.27. The van der Waals surface area contributed by atoms with E-state index < -0.39 is 0 Å². The van der Waals surface area contributed by atoms with E-state index in [2.05, 4.69) is 35.9 Å². The predicted octanol–water partition coefficient (Wildman–Crippen LogP) is 3.45. The third kappa shape index (κ3) is 2.48. The second-order valence-corrected chi connectivity index (χ2v) is 7.43. The molecule has 5 heteroatoms. The minimum atomic E-state index is -0.0121. The third-order valence-electron chi connectivity index (χ3n) is 5.01. The number of hydrogen-bond donors (Lipinski definition) is 0. The monoisotopic (exact) mass is 339 g/mol. The molecule has 124 valence electrons. The first-order valence-corrected chi connectivity index (χ1v) is 9.29. The van der Waals surface area contributed by atoms with Gasteiger partial charge in [0.2, 0.25) is 0 Å². The number of hydrogen-bond acceptors (Lipinski definition) is 4. The fourth-order valence-electron chi connectivity index (χ4n) is 3.49. The molecular formula is C19H21N3OS. The van der Waals surface area contributed by atoms with Crippen molar-refractivity contribution in [2.75, 3.05) is 13.1 Å². The highest BCUT2D eigenvalue weighted by molar-refractivity contribution is 7.18. The van der Waals surface area contributed by atoms with Crippen molar-refractivity contribution in [3.05, 3.63) is 63.0 Å². The van der Waals surface area contributed by atoms with Crippen molar-refractivity contribution in [2.24, 2.45) is 0 Å². The van der Waals surface area contributed by atoms with Gasteiger partial charge in [0.25, 0.3) is 5.56 Å². The summed E-state index contributed by atoms with van der Waals surface area (Å²) in [6, 6.07) is 10.1. The number of rotatable bonds is 3. The third-order valence-corrected chi connectivity index (χ3v) is 6.14. The summed E-state index contributed by atoms with van der Waals surface area (Å²) >= 11 is 1.68. The molecule has 0 unspecified atom stereocenters. The summed E-state index contributed by atoms with van der Waals surface area (Å²) in [5.74, 6) is 0. The Labute approximate surface area is 145 Å². The molecule has 1 atom stereocenters. The van der Waals surface area contributed by atoms with Gasteiger partial charge >= 0.3 is 0 Å². The maximum absolute atomic E-state index is 13.1. The van der Waals surface area contributed by atoms with Crippen LogP contribution in [0.3, 0.4) is 0 Å². The van der Waals surface area contributed by atoms with Gasteiger partial charge in [-0.25, -0.2) is 4.98 Å². The molecule has 0 amide bonds. The van der Waals surface area contributed by atoms with E-state index in [1.54, 1.807) is 22.2 Å². The number of aromatic nitrogens is 2. The average molecular weight is 339 g/mol. The highest BCUT2D eigenvalue weighted by Crippen LogP contribution is 2.32. The Morgan fingerprint density at radius 3 is 2.83 bits per heavy atom. The first-order valence-electron chi connectivity index (χ1n) is 8.47. The van der Waals surface area contributed by atoms with Crippen LogP contribution in [0.2, 0.25) is 0 Å². The van der Waals surface area contributed by atoms with Crippen LogP contribution in [0, 0.1) is 0 Å². The zero-order valence-electron chi connectivity index (χ0n) is 14.0. The summed E-state index contributed by atoms with van der Waals surface area (Å²) < 4.78 is 1.77. The van der Waals surface area contributed by atoms with Gasteiger partial charge in [0.15, 0.2) is 0 Å². The van der Waals surface area contributed by atoms with Crippen LogP contribution in [-0.4, -0.2) is 27.5 Å². The molecule has 0 radical (unpaired) electrons. The van der Waals surface area contributed by atoms with E-state index in [-0.39, 0.29) is 11.6 Å². The van der Waals surface area contributed by atoms with E-state index in [9.17, 15) is 4.79 Å². The Balaban J connectivity index is 1.83. The van der Waals surface area contributed by atoms with Crippen molar-refractivity contribution in [1.29, 1.82) is 0 Å². The quantitative estimate of drug-likeness (QED) is 0.733. The SMILES string of the molecule is CCN1CCc2c(sc3ncn([C@H](C)c4ccccc4)c(=O)c23)C1. The molecule has 1 aromatic carbocycles. The minimum Gasteiger partial charge on any atom is -0.298 e. The van der Waals surface area contributed by atoms with Crippen LogP contribution in [0.15, 0.2) is 41.5 Å². The van der Waals surface area contributed by atoms with Crippen molar-refractivity contribution in [1.82, 2.24) is 14.5 Å². The van der Waals surface area contributed by atoms with Crippen LogP contribution in [-0.2, 0) is 13.0 Å². The molecule has 1 aliphatic rings. The van der Waals surface area contributed by atoms with Crippen LogP contribution in [0.25, 0.3) is 10.2 Å². The normalized spacial score (nSPS) is 16.2. The fraction of sp³-hybridized carbons (Fsp3) is 0.368. The van der Waals surface area contributed by atoms with Crippen molar-refractivity contribution < 1.29 is 0 Å². The summed E-state index contributed by atoms with van der Waals surface area (Å²) in [5.41, 5.74) is 2.45. The molecule has 0 aliphatic carbocycles. The molecule has 2 aromatic heterocycles. The van der Waals surface area contributed by atoms with Gasteiger partial charge in [-0.1, -0.05) is 37.3 Å². The molecule has 0 fully saturated rings. The van der Waals surface area contributed by atoms with E-state index in [0.29, 0.717) is 0 Å². The van der Waals surface area contributed by atoms with E-state index in [1.807, 2.05) is 18.2 Å². The highest BCUT2D eigenvalue weighted by atomic mass is 32.1. The summed E-state index contributed by atoms with van der Waals surface area (Å²) in [4.78, 5) is 22.4. The van der Waals surface area contributed by atoms with Gasteiger partial charge < -0.3 is 0 Å². The lowest BCUT2D eigenvalue weighted by Crippen LogP contribution is -2.30. The molecule has 4 rings (SSSR count). The van der Waals surface area contributed by atoms with Crippen LogP contribution >= 0.6 is 11.3 Å². The maximum atomic E-state index is 13.1. The van der Waals surface area contributed by atoms with Crippen molar-refractivity contribution in [3.8, 4) is 0 Å². The van der Waals surface area contributed by atoms with Crippen LogP contribution < -0.4 is 5.56 Å². The Hall–Kier alpha value is -1.98. The largest absolute Gasteiger partial charge is 0.298 e. The fourth-order valence-corrected chi connectivity index (χ4v) is 4.71. The smallest absolute Gasteiger partial charge is 0.262 e. The second-order valence-electron chi connectivity index (χ2n) is 6.35. The van der Waals surface area contributed by atoms with Gasteiger partial charge in [0, 0.05) is 18.0 Å². The molecular weight excluding hydrogens is 318 g/mol. The first-order chi connectivity index (χ1) is 11.7.